The first-order valence-electron chi connectivity index (χ1n) is 4.46. The van der Waals surface area contributed by atoms with Gasteiger partial charge in [0.1, 0.15) is 0 Å². The van der Waals surface area contributed by atoms with Crippen molar-refractivity contribution in [3.8, 4) is 0 Å². The summed E-state index contributed by atoms with van der Waals surface area (Å²) in [6.45, 7) is 0. The number of benzene rings is 2. The van der Waals surface area contributed by atoms with Crippen LogP contribution < -0.4 is 0 Å². The van der Waals surface area contributed by atoms with Crippen LogP contribution in [0.25, 0.3) is 10.8 Å². The number of carboxylic acid groups (broad SMARTS) is 1. The molecule has 2 aromatic carbocycles. The molecule has 2 nitrogen and oxygen atoms in total. The van der Waals surface area contributed by atoms with Gasteiger partial charge in [-0.2, -0.15) is 0 Å². The normalized spacial score (nSPS) is 9.60. The summed E-state index contributed by atoms with van der Waals surface area (Å²) in [5, 5.41) is 10.8. The van der Waals surface area contributed by atoms with Crippen LogP contribution in [0.3, 0.4) is 0 Å². The summed E-state index contributed by atoms with van der Waals surface area (Å²) in [4.78, 5) is 10.6. The maximum atomic E-state index is 10.6. The van der Waals surface area contributed by atoms with E-state index in [1.54, 1.807) is 0 Å². The Hall–Kier alpha value is -0.194. The van der Waals surface area contributed by atoms with Crippen LogP contribution in [0, 0.1) is 0 Å². The fourth-order valence-electron chi connectivity index (χ4n) is 1.61. The Morgan fingerprint density at radius 3 is 2.47 bits per heavy atom. The molecule has 1 radical (unpaired) electrons. The second kappa shape index (κ2) is 5.77. The van der Waals surface area contributed by atoms with E-state index in [0.717, 1.165) is 16.3 Å². The average Bonchev–Trinajstić information content (AvgIpc) is 2.18. The van der Waals surface area contributed by atoms with Gasteiger partial charge in [-0.15, -0.1) is 0 Å². The van der Waals surface area contributed by atoms with Gasteiger partial charge in [-0.3, -0.25) is 4.79 Å². The van der Waals surface area contributed by atoms with E-state index in [4.69, 9.17) is 5.11 Å². The minimum atomic E-state index is -0.790. The van der Waals surface area contributed by atoms with E-state index in [1.807, 2.05) is 42.5 Å². The standard InChI is InChI=1S/C12H10O2.K/c13-12(14)8-10-6-3-5-9-4-1-2-7-11(9)10;/h1-7H,8H2,(H,13,14);. The fraction of sp³-hybridized carbons (Fsp3) is 0.0833. The molecule has 0 heterocycles. The van der Waals surface area contributed by atoms with Gasteiger partial charge in [0.2, 0.25) is 0 Å². The predicted octanol–water partition coefficient (Wildman–Crippen LogP) is 2.09. The number of hydrogen-bond acceptors (Lipinski definition) is 1. The molecule has 0 aliphatic carbocycles. The Morgan fingerprint density at radius 1 is 1.07 bits per heavy atom. The maximum absolute atomic E-state index is 10.6. The van der Waals surface area contributed by atoms with Crippen LogP contribution in [0.2, 0.25) is 0 Å². The van der Waals surface area contributed by atoms with Gasteiger partial charge >= 0.3 is 5.97 Å². The topological polar surface area (TPSA) is 37.3 Å². The number of carbonyl (C=O) groups is 1. The molecule has 0 amide bonds. The number of rotatable bonds is 2. The van der Waals surface area contributed by atoms with Gasteiger partial charge in [-0.05, 0) is 16.3 Å². The van der Waals surface area contributed by atoms with Crippen molar-refractivity contribution >= 4 is 68.1 Å². The minimum Gasteiger partial charge on any atom is -0.481 e. The zero-order valence-corrected chi connectivity index (χ0v) is 11.7. The summed E-state index contributed by atoms with van der Waals surface area (Å²) in [5.74, 6) is -0.790. The Morgan fingerprint density at radius 2 is 1.73 bits per heavy atom. The maximum Gasteiger partial charge on any atom is 0.307 e. The predicted molar refractivity (Wildman–Crippen MR) is 61.0 cm³/mol. The summed E-state index contributed by atoms with van der Waals surface area (Å²) in [7, 11) is 0. The molecule has 0 aromatic heterocycles. The van der Waals surface area contributed by atoms with Crippen molar-refractivity contribution in [3.63, 3.8) is 0 Å². The molecular formula is C12H10KO2. The molecule has 3 heteroatoms. The quantitative estimate of drug-likeness (QED) is 0.795. The third-order valence-corrected chi connectivity index (χ3v) is 2.22. The molecule has 71 valence electrons. The minimum absolute atomic E-state index is 0. The monoisotopic (exact) mass is 225 g/mol. The SMILES string of the molecule is O=C(O)Cc1cccc2ccccc12.[K]. The van der Waals surface area contributed by atoms with Crippen LogP contribution in [0.5, 0.6) is 0 Å². The fourth-order valence-corrected chi connectivity index (χ4v) is 1.61. The van der Waals surface area contributed by atoms with Crippen LogP contribution in [-0.4, -0.2) is 62.5 Å². The van der Waals surface area contributed by atoms with E-state index in [1.165, 1.54) is 0 Å². The van der Waals surface area contributed by atoms with Crippen LogP contribution in [0.1, 0.15) is 5.56 Å². The smallest absolute Gasteiger partial charge is 0.307 e. The summed E-state index contributed by atoms with van der Waals surface area (Å²) in [6.07, 6.45) is 0.0847. The van der Waals surface area contributed by atoms with E-state index in [2.05, 4.69) is 0 Å². The number of hydrogen-bond donors (Lipinski definition) is 1. The molecule has 15 heavy (non-hydrogen) atoms. The third-order valence-electron chi connectivity index (χ3n) is 2.22. The first kappa shape index (κ1) is 12.9. The van der Waals surface area contributed by atoms with Crippen LogP contribution >= 0.6 is 0 Å². The van der Waals surface area contributed by atoms with E-state index >= 15 is 0 Å². The van der Waals surface area contributed by atoms with Gasteiger partial charge in [0.25, 0.3) is 0 Å². The first-order valence-corrected chi connectivity index (χ1v) is 4.46. The van der Waals surface area contributed by atoms with Crippen molar-refractivity contribution < 1.29 is 9.90 Å². The molecule has 0 saturated carbocycles. The van der Waals surface area contributed by atoms with Gasteiger partial charge in [0.15, 0.2) is 0 Å². The first-order chi connectivity index (χ1) is 6.77. The molecule has 0 spiro atoms. The Balaban J connectivity index is 0.00000112. The molecule has 0 aliphatic heterocycles. The second-order valence-electron chi connectivity index (χ2n) is 3.21. The molecule has 0 unspecified atom stereocenters. The third kappa shape index (κ3) is 3.13. The van der Waals surface area contributed by atoms with Crippen molar-refractivity contribution in [1.29, 1.82) is 0 Å². The van der Waals surface area contributed by atoms with Crippen molar-refractivity contribution in [2.75, 3.05) is 0 Å². The van der Waals surface area contributed by atoms with Gasteiger partial charge in [-0.25, -0.2) is 0 Å². The van der Waals surface area contributed by atoms with Gasteiger partial charge in [0.05, 0.1) is 6.42 Å². The second-order valence-corrected chi connectivity index (χ2v) is 3.21. The number of aliphatic carboxylic acids is 1. The molecule has 0 atom stereocenters. The Kier molecular flexibility index (Phi) is 4.95. The molecule has 1 N–H and O–H groups in total. The van der Waals surface area contributed by atoms with Crippen molar-refractivity contribution in [2.45, 2.75) is 6.42 Å². The van der Waals surface area contributed by atoms with Gasteiger partial charge in [-0.1, -0.05) is 42.5 Å². The number of fused-ring (bicyclic) bond motifs is 1. The average molecular weight is 225 g/mol. The zero-order valence-electron chi connectivity index (χ0n) is 8.60. The Labute approximate surface area is 131 Å². The summed E-state index contributed by atoms with van der Waals surface area (Å²) < 4.78 is 0. The van der Waals surface area contributed by atoms with Crippen LogP contribution in [0.4, 0.5) is 0 Å². The van der Waals surface area contributed by atoms with E-state index in [0.29, 0.717) is 0 Å². The van der Waals surface area contributed by atoms with E-state index < -0.39 is 5.97 Å². The molecule has 2 aromatic rings. The summed E-state index contributed by atoms with van der Waals surface area (Å²) in [5.41, 5.74) is 0.871. The molecule has 0 bridgehead atoms. The van der Waals surface area contributed by atoms with Gasteiger partial charge < -0.3 is 5.11 Å². The van der Waals surface area contributed by atoms with Gasteiger partial charge in [0, 0.05) is 51.4 Å². The largest absolute Gasteiger partial charge is 0.481 e. The molecule has 0 aliphatic rings. The van der Waals surface area contributed by atoms with Crippen LogP contribution in [0.15, 0.2) is 42.5 Å². The molecular weight excluding hydrogens is 215 g/mol. The molecule has 0 fully saturated rings. The zero-order chi connectivity index (χ0) is 9.97. The van der Waals surface area contributed by atoms with Crippen LogP contribution in [-0.2, 0) is 11.2 Å². The summed E-state index contributed by atoms with van der Waals surface area (Å²) in [6, 6.07) is 13.5. The van der Waals surface area contributed by atoms with E-state index in [9.17, 15) is 4.79 Å². The molecule has 2 rings (SSSR count). The van der Waals surface area contributed by atoms with Crippen molar-refractivity contribution in [1.82, 2.24) is 0 Å². The van der Waals surface area contributed by atoms with Crippen molar-refractivity contribution in [2.24, 2.45) is 0 Å². The molecule has 0 saturated heterocycles. The Bertz CT molecular complexity index is 475. The summed E-state index contributed by atoms with van der Waals surface area (Å²) >= 11 is 0. The van der Waals surface area contributed by atoms with E-state index in [-0.39, 0.29) is 57.8 Å². The number of carboxylic acids is 1. The van der Waals surface area contributed by atoms with Crippen molar-refractivity contribution in [3.05, 3.63) is 48.0 Å².